The predicted octanol–water partition coefficient (Wildman–Crippen LogP) is 1.40. The normalized spacial score (nSPS) is 26.9. The van der Waals surface area contributed by atoms with Crippen LogP contribution in [0.1, 0.15) is 28.1 Å². The molecule has 1 atom stereocenters. The van der Waals surface area contributed by atoms with Crippen LogP contribution in [0.25, 0.3) is 0 Å². The first-order valence-corrected chi connectivity index (χ1v) is 10.4. The highest BCUT2D eigenvalue weighted by molar-refractivity contribution is 7.80. The first-order chi connectivity index (χ1) is 12.2. The first-order valence-electron chi connectivity index (χ1n) is 9.14. The van der Waals surface area contributed by atoms with Crippen LogP contribution >= 0.6 is 23.6 Å². The van der Waals surface area contributed by atoms with Gasteiger partial charge < -0.3 is 16.9 Å². The lowest BCUT2D eigenvalue weighted by molar-refractivity contribution is -0.937. The third-order valence-corrected chi connectivity index (χ3v) is 7.37. The van der Waals surface area contributed by atoms with Gasteiger partial charge in [-0.3, -0.25) is 4.79 Å². The maximum Gasteiger partial charge on any atom is 0.226 e. The second-order valence-electron chi connectivity index (χ2n) is 7.60. The maximum absolute atomic E-state index is 12.7. The number of hydrogen-bond donors (Lipinski definition) is 0. The minimum absolute atomic E-state index is 0. The van der Waals surface area contributed by atoms with Crippen molar-refractivity contribution in [1.82, 2.24) is 0 Å². The van der Waals surface area contributed by atoms with Gasteiger partial charge in [0.1, 0.15) is 6.54 Å². The Morgan fingerprint density at radius 1 is 1.12 bits per heavy atom. The second-order valence-corrected chi connectivity index (χ2v) is 9.07. The lowest BCUT2D eigenvalue weighted by atomic mass is 9.74. The van der Waals surface area contributed by atoms with Gasteiger partial charge in [-0.2, -0.15) is 0 Å². The molecule has 138 valence electrons. The van der Waals surface area contributed by atoms with Crippen molar-refractivity contribution in [2.45, 2.75) is 19.3 Å². The zero-order valence-corrected chi connectivity index (χ0v) is 17.2. The van der Waals surface area contributed by atoms with Gasteiger partial charge in [-0.05, 0) is 22.9 Å². The molecule has 0 amide bonds. The standard InChI is InChI=1S/C21H24NOS2.ClH/c23-19(21-7-4-12-25-21)15-22-10-8-17(9-11-22)18(14-22)20(24)13-16-5-2-1-3-6-16;/h1-7,12,17-18H,8-11,13-15H2;1H/q+1;/p-1. The molecule has 1 aromatic carbocycles. The molecule has 0 aliphatic carbocycles. The lowest BCUT2D eigenvalue weighted by Gasteiger charge is -2.52. The highest BCUT2D eigenvalue weighted by atomic mass is 35.5. The third kappa shape index (κ3) is 4.09. The first kappa shape index (κ1) is 19.7. The molecule has 5 heteroatoms. The Morgan fingerprint density at radius 2 is 1.85 bits per heavy atom. The van der Waals surface area contributed by atoms with Gasteiger partial charge in [-0.1, -0.05) is 48.6 Å². The molecule has 2 bridgehead atoms. The summed E-state index contributed by atoms with van der Waals surface area (Å²) in [6.07, 6.45) is 3.34. The number of hydrogen-bond acceptors (Lipinski definition) is 3. The molecule has 0 spiro atoms. The number of carbonyl (C=O) groups is 1. The molecule has 4 heterocycles. The van der Waals surface area contributed by atoms with E-state index in [1.165, 1.54) is 23.3 Å². The number of thiophene rings is 1. The van der Waals surface area contributed by atoms with Gasteiger partial charge in [0, 0.05) is 30.0 Å². The summed E-state index contributed by atoms with van der Waals surface area (Å²) in [6, 6.07) is 14.5. The summed E-state index contributed by atoms with van der Waals surface area (Å²) in [5, 5.41) is 1.99. The molecule has 2 aromatic rings. The molecule has 0 radical (unpaired) electrons. The van der Waals surface area contributed by atoms with Crippen molar-refractivity contribution in [2.24, 2.45) is 11.8 Å². The minimum Gasteiger partial charge on any atom is -1.00 e. The fraction of sp³-hybridized carbons (Fsp3) is 0.429. The van der Waals surface area contributed by atoms with Gasteiger partial charge >= 0.3 is 0 Å². The van der Waals surface area contributed by atoms with Crippen LogP contribution < -0.4 is 12.4 Å². The molecule has 0 N–H and O–H groups in total. The number of nitrogens with zero attached hydrogens (tertiary/aromatic N) is 1. The molecule has 1 aromatic heterocycles. The molecule has 3 fully saturated rings. The largest absolute Gasteiger partial charge is 1.00 e. The van der Waals surface area contributed by atoms with Gasteiger partial charge in [0.25, 0.3) is 0 Å². The summed E-state index contributed by atoms with van der Waals surface area (Å²) in [5.41, 5.74) is 1.31. The summed E-state index contributed by atoms with van der Waals surface area (Å²) < 4.78 is 0.951. The molecule has 5 rings (SSSR count). The van der Waals surface area contributed by atoms with Gasteiger partial charge in [-0.25, -0.2) is 0 Å². The van der Waals surface area contributed by atoms with E-state index < -0.39 is 0 Å². The number of rotatable bonds is 6. The van der Waals surface area contributed by atoms with Crippen LogP contribution in [0, 0.1) is 11.8 Å². The van der Waals surface area contributed by atoms with E-state index in [0.29, 0.717) is 18.2 Å². The van der Waals surface area contributed by atoms with Gasteiger partial charge in [-0.15, -0.1) is 11.3 Å². The van der Waals surface area contributed by atoms with E-state index in [-0.39, 0.29) is 12.4 Å². The molecular weight excluding hydrogens is 382 g/mol. The van der Waals surface area contributed by atoms with Crippen molar-refractivity contribution in [3.63, 3.8) is 0 Å². The monoisotopic (exact) mass is 405 g/mol. The number of thiocarbonyl (C=S) groups is 1. The number of ketones is 1. The van der Waals surface area contributed by atoms with Crippen LogP contribution in [0.5, 0.6) is 0 Å². The molecule has 3 aliphatic rings. The molecular formula is C21H24ClNOS2. The number of carbonyl (C=O) groups excluding carboxylic acids is 1. The van der Waals surface area contributed by atoms with Gasteiger partial charge in [0.15, 0.2) is 0 Å². The average molecular weight is 406 g/mol. The van der Waals surface area contributed by atoms with Crippen LogP contribution in [-0.4, -0.2) is 41.3 Å². The lowest BCUT2D eigenvalue weighted by Crippen LogP contribution is -3.00. The molecule has 26 heavy (non-hydrogen) atoms. The average Bonchev–Trinajstić information content (AvgIpc) is 3.18. The Morgan fingerprint density at radius 3 is 2.50 bits per heavy atom. The Labute approximate surface area is 171 Å². The Kier molecular flexibility index (Phi) is 6.29. The van der Waals surface area contributed by atoms with Gasteiger partial charge in [0.2, 0.25) is 5.78 Å². The van der Waals surface area contributed by atoms with Crippen LogP contribution in [0.2, 0.25) is 0 Å². The molecule has 3 saturated heterocycles. The van der Waals surface area contributed by atoms with E-state index in [2.05, 4.69) is 30.3 Å². The fourth-order valence-electron chi connectivity index (χ4n) is 4.62. The van der Waals surface area contributed by atoms with E-state index >= 15 is 0 Å². The van der Waals surface area contributed by atoms with Crippen LogP contribution in [-0.2, 0) is 6.42 Å². The smallest absolute Gasteiger partial charge is 0.226 e. The highest BCUT2D eigenvalue weighted by Gasteiger charge is 2.47. The fourth-order valence-corrected chi connectivity index (χ4v) is 5.71. The SMILES string of the molecule is O=C(C[N+]12CCC(CC1)C(C(=S)Cc1ccccc1)C2)c1cccs1.[Cl-]. The quantitative estimate of drug-likeness (QED) is 0.410. The van der Waals surface area contributed by atoms with Crippen LogP contribution in [0.15, 0.2) is 47.8 Å². The number of quaternary nitrogens is 1. The Bertz CT molecular complexity index is 752. The molecule has 3 aliphatic heterocycles. The number of benzene rings is 1. The maximum atomic E-state index is 12.7. The summed E-state index contributed by atoms with van der Waals surface area (Å²) >= 11 is 7.44. The number of piperidine rings is 3. The van der Waals surface area contributed by atoms with Crippen molar-refractivity contribution >= 4 is 34.2 Å². The molecule has 2 nitrogen and oxygen atoms in total. The number of Topliss-reactive ketones (excluding diaryl/α,β-unsaturated/α-hetero) is 1. The molecule has 0 saturated carbocycles. The van der Waals surface area contributed by atoms with E-state index in [4.69, 9.17) is 12.2 Å². The van der Waals surface area contributed by atoms with E-state index in [1.807, 2.05) is 17.5 Å². The van der Waals surface area contributed by atoms with Crippen molar-refractivity contribution < 1.29 is 21.7 Å². The third-order valence-electron chi connectivity index (χ3n) is 6.01. The van der Waals surface area contributed by atoms with Crippen LogP contribution in [0.3, 0.4) is 0 Å². The topological polar surface area (TPSA) is 17.1 Å². The van der Waals surface area contributed by atoms with Crippen molar-refractivity contribution in [1.29, 1.82) is 0 Å². The number of halogens is 1. The summed E-state index contributed by atoms with van der Waals surface area (Å²) in [5.74, 6) is 1.53. The summed E-state index contributed by atoms with van der Waals surface area (Å²) in [7, 11) is 0. The van der Waals surface area contributed by atoms with Crippen molar-refractivity contribution in [3.8, 4) is 0 Å². The summed E-state index contributed by atoms with van der Waals surface area (Å²) in [4.78, 5) is 14.8. The minimum atomic E-state index is 0. The zero-order valence-electron chi connectivity index (χ0n) is 14.8. The van der Waals surface area contributed by atoms with E-state index in [1.54, 1.807) is 11.3 Å². The number of fused-ring (bicyclic) bond motifs is 3. The zero-order chi connectivity index (χ0) is 17.3. The van der Waals surface area contributed by atoms with Crippen molar-refractivity contribution in [2.75, 3.05) is 26.2 Å². The van der Waals surface area contributed by atoms with Crippen molar-refractivity contribution in [3.05, 3.63) is 58.3 Å². The molecule has 1 unspecified atom stereocenters. The highest BCUT2D eigenvalue weighted by Crippen LogP contribution is 2.39. The van der Waals surface area contributed by atoms with E-state index in [0.717, 1.165) is 41.3 Å². The van der Waals surface area contributed by atoms with E-state index in [9.17, 15) is 4.79 Å². The van der Waals surface area contributed by atoms with Crippen LogP contribution in [0.4, 0.5) is 0 Å². The predicted molar refractivity (Wildman–Crippen MR) is 107 cm³/mol. The Balaban J connectivity index is 0.00000196. The second kappa shape index (κ2) is 8.30. The van der Waals surface area contributed by atoms with Gasteiger partial charge in [0.05, 0.1) is 24.5 Å². The summed E-state index contributed by atoms with van der Waals surface area (Å²) in [6.45, 7) is 4.00. The Hall–Kier alpha value is -1.07.